The van der Waals surface area contributed by atoms with Gasteiger partial charge < -0.3 is 4.90 Å². The topological polar surface area (TPSA) is 16.1 Å². The van der Waals surface area contributed by atoms with Crippen LogP contribution in [-0.2, 0) is 12.8 Å². The van der Waals surface area contributed by atoms with E-state index < -0.39 is 0 Å². The number of para-hydroxylation sites is 1. The number of likely N-dealkylation sites (tertiary alicyclic amines) is 1. The minimum Gasteiger partial charge on any atom is -0.302 e. The van der Waals surface area contributed by atoms with Crippen LogP contribution in [0.5, 0.6) is 0 Å². The predicted octanol–water partition coefficient (Wildman–Crippen LogP) is 5.12. The molecule has 1 aliphatic heterocycles. The van der Waals surface area contributed by atoms with Crippen LogP contribution in [0, 0.1) is 11.8 Å². The first kappa shape index (κ1) is 17.6. The number of piperidine rings is 1. The van der Waals surface area contributed by atoms with Crippen LogP contribution in [0.1, 0.15) is 68.2 Å². The van der Waals surface area contributed by atoms with E-state index in [0.717, 1.165) is 31.3 Å². The lowest BCUT2D eigenvalue weighted by Crippen LogP contribution is -2.30. The molecule has 2 aromatic rings. The van der Waals surface area contributed by atoms with Crippen LogP contribution < -0.4 is 0 Å². The molecule has 0 N–H and O–H groups in total. The average molecular weight is 347 g/mol. The van der Waals surface area contributed by atoms with Gasteiger partial charge in [0.1, 0.15) is 0 Å². The van der Waals surface area contributed by atoms with E-state index in [1.807, 2.05) is 0 Å². The van der Waals surface area contributed by atoms with Crippen molar-refractivity contribution in [2.45, 2.75) is 64.2 Å². The summed E-state index contributed by atoms with van der Waals surface area (Å²) in [5.41, 5.74) is 5.14. The second-order valence-corrected chi connectivity index (χ2v) is 7.80. The van der Waals surface area contributed by atoms with Gasteiger partial charge in [0.05, 0.1) is 5.52 Å². The lowest BCUT2D eigenvalue weighted by Gasteiger charge is -2.25. The number of hydrogen-bond acceptors (Lipinski definition) is 2. The Morgan fingerprint density at radius 2 is 1.65 bits per heavy atom. The number of pyridine rings is 1. The smallest absolute Gasteiger partial charge is 0.0718 e. The van der Waals surface area contributed by atoms with Gasteiger partial charge in [-0.25, -0.2) is 0 Å². The van der Waals surface area contributed by atoms with E-state index in [-0.39, 0.29) is 0 Å². The molecular formula is C24H30N2. The summed E-state index contributed by atoms with van der Waals surface area (Å²) in [6.45, 7) is 3.64. The number of benzene rings is 1. The third kappa shape index (κ3) is 4.10. The fourth-order valence-corrected chi connectivity index (χ4v) is 4.42. The first-order chi connectivity index (χ1) is 12.9. The highest BCUT2D eigenvalue weighted by molar-refractivity contribution is 5.86. The van der Waals surface area contributed by atoms with Crippen molar-refractivity contribution in [1.29, 1.82) is 0 Å². The zero-order valence-corrected chi connectivity index (χ0v) is 15.9. The number of aromatic nitrogens is 1. The fourth-order valence-electron chi connectivity index (χ4n) is 4.42. The molecule has 0 radical (unpaired) electrons. The van der Waals surface area contributed by atoms with Gasteiger partial charge in [0.25, 0.3) is 0 Å². The van der Waals surface area contributed by atoms with Crippen molar-refractivity contribution < 1.29 is 0 Å². The van der Waals surface area contributed by atoms with E-state index in [0.29, 0.717) is 0 Å². The standard InChI is InChI=1S/C24H30N2/c1-2-5-15-23-21(13-4-1)20(22-14-6-7-16-24(22)25-23)12-8-11-19-26-17-9-3-10-18-26/h6-7,14,16H,1-5,9-11,13,15,17-19H2. The highest BCUT2D eigenvalue weighted by Crippen LogP contribution is 2.27. The first-order valence-electron chi connectivity index (χ1n) is 10.5. The van der Waals surface area contributed by atoms with Crippen molar-refractivity contribution in [3.8, 4) is 11.8 Å². The summed E-state index contributed by atoms with van der Waals surface area (Å²) in [6, 6.07) is 8.57. The molecule has 136 valence electrons. The maximum atomic E-state index is 5.00. The Hall–Kier alpha value is -1.85. The third-order valence-corrected chi connectivity index (χ3v) is 5.88. The minimum absolute atomic E-state index is 0.978. The summed E-state index contributed by atoms with van der Waals surface area (Å²) in [5, 5.41) is 1.25. The number of aryl methyl sites for hydroxylation is 1. The van der Waals surface area contributed by atoms with E-state index in [1.54, 1.807) is 0 Å². The highest BCUT2D eigenvalue weighted by Gasteiger charge is 2.15. The van der Waals surface area contributed by atoms with E-state index in [4.69, 9.17) is 4.98 Å². The van der Waals surface area contributed by atoms with Crippen LogP contribution in [0.2, 0.25) is 0 Å². The Bertz CT molecular complexity index is 806. The molecule has 2 aliphatic rings. The molecule has 0 unspecified atom stereocenters. The van der Waals surface area contributed by atoms with E-state index in [9.17, 15) is 0 Å². The Kier molecular flexibility index (Phi) is 5.87. The molecule has 2 heteroatoms. The average Bonchev–Trinajstić information content (AvgIpc) is 2.67. The van der Waals surface area contributed by atoms with E-state index >= 15 is 0 Å². The van der Waals surface area contributed by atoms with Crippen molar-refractivity contribution in [3.63, 3.8) is 0 Å². The third-order valence-electron chi connectivity index (χ3n) is 5.88. The summed E-state index contributed by atoms with van der Waals surface area (Å²) in [4.78, 5) is 7.58. The first-order valence-corrected chi connectivity index (χ1v) is 10.5. The molecule has 1 aliphatic carbocycles. The molecule has 0 spiro atoms. The highest BCUT2D eigenvalue weighted by atomic mass is 15.1. The lowest BCUT2D eigenvalue weighted by atomic mass is 9.91. The van der Waals surface area contributed by atoms with Crippen molar-refractivity contribution in [3.05, 3.63) is 41.1 Å². The largest absolute Gasteiger partial charge is 0.302 e. The molecule has 1 aromatic carbocycles. The SMILES string of the molecule is C(#Cc1c2c(nc3ccccc13)CCCCCC2)CCN1CCCCC1. The zero-order valence-electron chi connectivity index (χ0n) is 15.9. The molecular weight excluding hydrogens is 316 g/mol. The maximum Gasteiger partial charge on any atom is 0.0718 e. The normalized spacial score (nSPS) is 18.5. The van der Waals surface area contributed by atoms with Crippen LogP contribution in [0.25, 0.3) is 10.9 Å². The fraction of sp³-hybridized carbons (Fsp3) is 0.542. The molecule has 2 heterocycles. The maximum absolute atomic E-state index is 5.00. The summed E-state index contributed by atoms with van der Waals surface area (Å²) in [6.07, 6.45) is 12.6. The second kappa shape index (κ2) is 8.69. The van der Waals surface area contributed by atoms with Gasteiger partial charge in [0.2, 0.25) is 0 Å². The van der Waals surface area contributed by atoms with Crippen LogP contribution >= 0.6 is 0 Å². The summed E-state index contributed by atoms with van der Waals surface area (Å²) >= 11 is 0. The summed E-state index contributed by atoms with van der Waals surface area (Å²) in [7, 11) is 0. The number of hydrogen-bond donors (Lipinski definition) is 0. The number of nitrogens with zero attached hydrogens (tertiary/aromatic N) is 2. The van der Waals surface area contributed by atoms with Crippen molar-refractivity contribution in [1.82, 2.24) is 9.88 Å². The molecule has 1 aromatic heterocycles. The Balaban J connectivity index is 1.62. The van der Waals surface area contributed by atoms with E-state index in [2.05, 4.69) is 41.0 Å². The van der Waals surface area contributed by atoms with Crippen molar-refractivity contribution >= 4 is 10.9 Å². The Labute approximate surface area is 158 Å². The van der Waals surface area contributed by atoms with Gasteiger partial charge in [0.15, 0.2) is 0 Å². The van der Waals surface area contributed by atoms with Crippen LogP contribution in [0.4, 0.5) is 0 Å². The van der Waals surface area contributed by atoms with Gasteiger partial charge in [0, 0.05) is 29.6 Å². The molecule has 26 heavy (non-hydrogen) atoms. The Morgan fingerprint density at radius 1 is 0.885 bits per heavy atom. The molecule has 2 nitrogen and oxygen atoms in total. The van der Waals surface area contributed by atoms with Crippen LogP contribution in [0.3, 0.4) is 0 Å². The monoisotopic (exact) mass is 346 g/mol. The lowest BCUT2D eigenvalue weighted by molar-refractivity contribution is 0.234. The molecule has 0 amide bonds. The van der Waals surface area contributed by atoms with Gasteiger partial charge in [-0.15, -0.1) is 0 Å². The van der Waals surface area contributed by atoms with Gasteiger partial charge in [-0.3, -0.25) is 4.98 Å². The van der Waals surface area contributed by atoms with Crippen LogP contribution in [-0.4, -0.2) is 29.5 Å². The Morgan fingerprint density at radius 3 is 2.54 bits per heavy atom. The van der Waals surface area contributed by atoms with Crippen LogP contribution in [0.15, 0.2) is 24.3 Å². The van der Waals surface area contributed by atoms with Crippen molar-refractivity contribution in [2.24, 2.45) is 0 Å². The minimum atomic E-state index is 0.978. The molecule has 4 rings (SSSR count). The zero-order chi connectivity index (χ0) is 17.6. The number of fused-ring (bicyclic) bond motifs is 2. The number of rotatable bonds is 2. The molecule has 0 bridgehead atoms. The van der Waals surface area contributed by atoms with Gasteiger partial charge >= 0.3 is 0 Å². The van der Waals surface area contributed by atoms with E-state index in [1.165, 1.54) is 80.2 Å². The second-order valence-electron chi connectivity index (χ2n) is 7.80. The summed E-state index contributed by atoms with van der Waals surface area (Å²) in [5.74, 6) is 7.09. The van der Waals surface area contributed by atoms with Gasteiger partial charge in [-0.1, -0.05) is 49.3 Å². The molecule has 0 saturated carbocycles. The molecule has 0 atom stereocenters. The molecule has 1 fully saturated rings. The van der Waals surface area contributed by atoms with Gasteiger partial charge in [-0.05, 0) is 63.2 Å². The molecule has 1 saturated heterocycles. The predicted molar refractivity (Wildman–Crippen MR) is 109 cm³/mol. The summed E-state index contributed by atoms with van der Waals surface area (Å²) < 4.78 is 0. The van der Waals surface area contributed by atoms with Crippen molar-refractivity contribution in [2.75, 3.05) is 19.6 Å². The van der Waals surface area contributed by atoms with Gasteiger partial charge in [-0.2, -0.15) is 0 Å². The quantitative estimate of drug-likeness (QED) is 0.702.